The molecule has 2 rings (SSSR count). The van der Waals surface area contributed by atoms with Crippen LogP contribution in [0, 0.1) is 13.8 Å². The third kappa shape index (κ3) is 3.07. The van der Waals surface area contributed by atoms with E-state index in [0.717, 1.165) is 30.6 Å². The van der Waals surface area contributed by atoms with Gasteiger partial charge in [-0.2, -0.15) is 0 Å². The molecule has 0 atom stereocenters. The van der Waals surface area contributed by atoms with Crippen molar-refractivity contribution in [3.63, 3.8) is 0 Å². The predicted octanol–water partition coefficient (Wildman–Crippen LogP) is 2.40. The van der Waals surface area contributed by atoms with Gasteiger partial charge in [0.2, 0.25) is 0 Å². The molecular formula is C13H19NO2S. The number of rotatable bonds is 2. The summed E-state index contributed by atoms with van der Waals surface area (Å²) < 4.78 is 0. The van der Waals surface area contributed by atoms with Crippen LogP contribution in [-0.2, 0) is 0 Å². The van der Waals surface area contributed by atoms with Crippen LogP contribution in [0.15, 0.2) is 6.07 Å². The topological polar surface area (TPSA) is 49.3 Å². The number of aliphatic hydroxyl groups is 1. The van der Waals surface area contributed by atoms with E-state index in [-0.39, 0.29) is 18.1 Å². The molecule has 1 fully saturated rings. The Morgan fingerprint density at radius 3 is 2.53 bits per heavy atom. The van der Waals surface area contributed by atoms with Gasteiger partial charge in [-0.05, 0) is 51.2 Å². The molecule has 2 N–H and O–H groups in total. The van der Waals surface area contributed by atoms with Crippen molar-refractivity contribution in [2.24, 2.45) is 0 Å². The Labute approximate surface area is 106 Å². The van der Waals surface area contributed by atoms with E-state index in [2.05, 4.69) is 5.32 Å². The highest BCUT2D eigenvalue weighted by Crippen LogP contribution is 2.22. The molecule has 0 radical (unpaired) electrons. The summed E-state index contributed by atoms with van der Waals surface area (Å²) in [5.74, 6) is 0.0348. The second-order valence-electron chi connectivity index (χ2n) is 4.83. The third-order valence-corrected chi connectivity index (χ3v) is 4.57. The first kappa shape index (κ1) is 12.6. The van der Waals surface area contributed by atoms with Crippen molar-refractivity contribution in [3.8, 4) is 0 Å². The fourth-order valence-electron chi connectivity index (χ4n) is 2.16. The van der Waals surface area contributed by atoms with Crippen LogP contribution in [0.2, 0.25) is 0 Å². The first-order valence-electron chi connectivity index (χ1n) is 6.12. The molecule has 3 nitrogen and oxygen atoms in total. The Morgan fingerprint density at radius 2 is 2.00 bits per heavy atom. The molecule has 1 aromatic heterocycles. The lowest BCUT2D eigenvalue weighted by molar-refractivity contribution is 0.0871. The van der Waals surface area contributed by atoms with Crippen molar-refractivity contribution in [1.82, 2.24) is 5.32 Å². The molecule has 1 aliphatic rings. The molecule has 0 aromatic carbocycles. The number of aryl methyl sites for hydroxylation is 2. The van der Waals surface area contributed by atoms with Gasteiger partial charge < -0.3 is 10.4 Å². The second-order valence-corrected chi connectivity index (χ2v) is 6.09. The van der Waals surface area contributed by atoms with E-state index >= 15 is 0 Å². The summed E-state index contributed by atoms with van der Waals surface area (Å²) in [6.07, 6.45) is 3.20. The smallest absolute Gasteiger partial charge is 0.261 e. The summed E-state index contributed by atoms with van der Waals surface area (Å²) in [6, 6.07) is 2.18. The Kier molecular flexibility index (Phi) is 3.84. The second kappa shape index (κ2) is 5.19. The van der Waals surface area contributed by atoms with Gasteiger partial charge in [0, 0.05) is 10.9 Å². The standard InChI is InChI=1S/C13H19NO2S/c1-8-7-12(17-9(8)2)13(16)14-10-3-5-11(15)6-4-10/h7,10-11,15H,3-6H2,1-2H3,(H,14,16). The number of aliphatic hydroxyl groups excluding tert-OH is 1. The number of nitrogens with one attached hydrogen (secondary N) is 1. The van der Waals surface area contributed by atoms with Crippen molar-refractivity contribution in [2.45, 2.75) is 51.7 Å². The molecule has 1 aromatic rings. The zero-order valence-corrected chi connectivity index (χ0v) is 11.1. The SMILES string of the molecule is Cc1cc(C(=O)NC2CCC(O)CC2)sc1C. The maximum atomic E-state index is 12.0. The zero-order valence-electron chi connectivity index (χ0n) is 10.3. The highest BCUT2D eigenvalue weighted by Gasteiger charge is 2.21. The van der Waals surface area contributed by atoms with Crippen LogP contribution in [0.4, 0.5) is 0 Å². The number of amides is 1. The first-order valence-corrected chi connectivity index (χ1v) is 6.94. The van der Waals surface area contributed by atoms with Crippen LogP contribution in [0.1, 0.15) is 45.8 Å². The molecule has 0 unspecified atom stereocenters. The highest BCUT2D eigenvalue weighted by molar-refractivity contribution is 7.14. The summed E-state index contributed by atoms with van der Waals surface area (Å²) in [6.45, 7) is 4.06. The summed E-state index contributed by atoms with van der Waals surface area (Å²) in [7, 11) is 0. The summed E-state index contributed by atoms with van der Waals surface area (Å²) in [5.41, 5.74) is 1.18. The largest absolute Gasteiger partial charge is 0.393 e. The number of thiophene rings is 1. The van der Waals surface area contributed by atoms with Crippen LogP contribution in [0.5, 0.6) is 0 Å². The Balaban J connectivity index is 1.93. The van der Waals surface area contributed by atoms with Crippen molar-refractivity contribution < 1.29 is 9.90 Å². The maximum Gasteiger partial charge on any atom is 0.261 e. The van der Waals surface area contributed by atoms with Crippen molar-refractivity contribution in [3.05, 3.63) is 21.4 Å². The van der Waals surface area contributed by atoms with Gasteiger partial charge in [-0.25, -0.2) is 0 Å². The predicted molar refractivity (Wildman–Crippen MR) is 69.5 cm³/mol. The molecule has 0 aliphatic heterocycles. The van der Waals surface area contributed by atoms with Crippen molar-refractivity contribution in [2.75, 3.05) is 0 Å². The molecule has 1 saturated carbocycles. The van der Waals surface area contributed by atoms with Crippen LogP contribution >= 0.6 is 11.3 Å². The quantitative estimate of drug-likeness (QED) is 0.850. The minimum Gasteiger partial charge on any atom is -0.393 e. The van der Waals surface area contributed by atoms with Gasteiger partial charge >= 0.3 is 0 Å². The van der Waals surface area contributed by atoms with Crippen LogP contribution < -0.4 is 5.32 Å². The molecule has 0 bridgehead atoms. The average molecular weight is 253 g/mol. The Hall–Kier alpha value is -0.870. The fourth-order valence-corrected chi connectivity index (χ4v) is 3.10. The van der Waals surface area contributed by atoms with E-state index in [4.69, 9.17) is 0 Å². The summed E-state index contributed by atoms with van der Waals surface area (Å²) >= 11 is 1.55. The minimum atomic E-state index is -0.172. The molecule has 4 heteroatoms. The monoisotopic (exact) mass is 253 g/mol. The van der Waals surface area contributed by atoms with E-state index in [1.165, 1.54) is 10.4 Å². The normalized spacial score (nSPS) is 24.6. The average Bonchev–Trinajstić information content (AvgIpc) is 2.63. The lowest BCUT2D eigenvalue weighted by Crippen LogP contribution is -2.38. The molecule has 1 heterocycles. The lowest BCUT2D eigenvalue weighted by Gasteiger charge is -2.25. The molecular weight excluding hydrogens is 234 g/mol. The van der Waals surface area contributed by atoms with Crippen LogP contribution in [0.3, 0.4) is 0 Å². The van der Waals surface area contributed by atoms with Gasteiger partial charge in [0.05, 0.1) is 11.0 Å². The van der Waals surface area contributed by atoms with Crippen molar-refractivity contribution in [1.29, 1.82) is 0 Å². The van der Waals surface area contributed by atoms with Crippen molar-refractivity contribution >= 4 is 17.2 Å². The Morgan fingerprint density at radius 1 is 1.35 bits per heavy atom. The maximum absolute atomic E-state index is 12.0. The zero-order chi connectivity index (χ0) is 12.4. The van der Waals surface area contributed by atoms with E-state index in [9.17, 15) is 9.90 Å². The highest BCUT2D eigenvalue weighted by atomic mass is 32.1. The third-order valence-electron chi connectivity index (χ3n) is 3.42. The van der Waals surface area contributed by atoms with Gasteiger partial charge in [0.25, 0.3) is 5.91 Å². The van der Waals surface area contributed by atoms with Crippen LogP contribution in [-0.4, -0.2) is 23.2 Å². The van der Waals surface area contributed by atoms with Gasteiger partial charge in [-0.3, -0.25) is 4.79 Å². The number of hydrogen-bond acceptors (Lipinski definition) is 3. The lowest BCUT2D eigenvalue weighted by atomic mass is 9.93. The van der Waals surface area contributed by atoms with Gasteiger partial charge in [0.1, 0.15) is 0 Å². The van der Waals surface area contributed by atoms with Gasteiger partial charge in [0.15, 0.2) is 0 Å². The van der Waals surface area contributed by atoms with E-state index in [1.807, 2.05) is 19.9 Å². The number of carbonyl (C=O) groups is 1. The molecule has 0 spiro atoms. The molecule has 1 aliphatic carbocycles. The van der Waals surface area contributed by atoms with E-state index in [0.29, 0.717) is 0 Å². The van der Waals surface area contributed by atoms with Gasteiger partial charge in [-0.1, -0.05) is 0 Å². The minimum absolute atomic E-state index is 0.0348. The van der Waals surface area contributed by atoms with E-state index < -0.39 is 0 Å². The molecule has 1 amide bonds. The summed E-state index contributed by atoms with van der Waals surface area (Å²) in [4.78, 5) is 14.0. The van der Waals surface area contributed by atoms with E-state index in [1.54, 1.807) is 11.3 Å². The first-order chi connectivity index (χ1) is 8.06. The van der Waals surface area contributed by atoms with Gasteiger partial charge in [-0.15, -0.1) is 11.3 Å². The number of carbonyl (C=O) groups excluding carboxylic acids is 1. The Bertz CT molecular complexity index is 386. The molecule has 0 saturated heterocycles. The molecule has 17 heavy (non-hydrogen) atoms. The fraction of sp³-hybridized carbons (Fsp3) is 0.615. The summed E-state index contributed by atoms with van der Waals surface area (Å²) in [5, 5.41) is 12.5. The van der Waals surface area contributed by atoms with Crippen LogP contribution in [0.25, 0.3) is 0 Å². The number of hydrogen-bond donors (Lipinski definition) is 2. The molecule has 94 valence electrons.